The Morgan fingerprint density at radius 3 is 2.94 bits per heavy atom. The van der Waals surface area contributed by atoms with E-state index in [2.05, 4.69) is 12.2 Å². The topological polar surface area (TPSA) is 52.5 Å². The van der Waals surface area contributed by atoms with Crippen molar-refractivity contribution in [3.8, 4) is 11.5 Å². The molecule has 4 heteroatoms. The first-order valence-corrected chi connectivity index (χ1v) is 7.62. The van der Waals surface area contributed by atoms with Crippen molar-refractivity contribution in [2.24, 2.45) is 0 Å². The first kappa shape index (κ1) is 13.6. The molecule has 0 aromatic heterocycles. The summed E-state index contributed by atoms with van der Waals surface area (Å²) < 4.78 is 0. The van der Waals surface area contributed by atoms with E-state index in [0.717, 1.165) is 11.3 Å². The molecule has 3 N–H and O–H groups in total. The largest absolute Gasteiger partial charge is 0.504 e. The lowest BCUT2D eigenvalue weighted by Gasteiger charge is -2.20. The summed E-state index contributed by atoms with van der Waals surface area (Å²) in [6.45, 7) is 2.81. The van der Waals surface area contributed by atoms with Crippen LogP contribution in [0.3, 0.4) is 0 Å². The number of rotatable bonds is 5. The van der Waals surface area contributed by atoms with Crippen LogP contribution in [-0.2, 0) is 6.54 Å². The summed E-state index contributed by atoms with van der Waals surface area (Å²) in [5, 5.41) is 23.4. The van der Waals surface area contributed by atoms with Gasteiger partial charge in [0.1, 0.15) is 0 Å². The lowest BCUT2D eigenvalue weighted by molar-refractivity contribution is 0.396. The molecule has 18 heavy (non-hydrogen) atoms. The smallest absolute Gasteiger partial charge is 0.161 e. The van der Waals surface area contributed by atoms with E-state index in [9.17, 15) is 10.2 Å². The molecule has 0 amide bonds. The summed E-state index contributed by atoms with van der Waals surface area (Å²) in [6.07, 6.45) is 3.76. The van der Waals surface area contributed by atoms with Gasteiger partial charge in [-0.15, -0.1) is 0 Å². The van der Waals surface area contributed by atoms with Crippen molar-refractivity contribution in [1.29, 1.82) is 0 Å². The van der Waals surface area contributed by atoms with Crippen molar-refractivity contribution in [2.75, 3.05) is 5.75 Å². The lowest BCUT2D eigenvalue weighted by Crippen LogP contribution is -2.33. The molecular formula is C14H21NO2S. The Balaban J connectivity index is 1.93. The average molecular weight is 267 g/mol. The number of benzene rings is 1. The van der Waals surface area contributed by atoms with Gasteiger partial charge in [-0.1, -0.05) is 25.5 Å². The summed E-state index contributed by atoms with van der Waals surface area (Å²) in [6, 6.07) is 5.64. The summed E-state index contributed by atoms with van der Waals surface area (Å²) in [5.41, 5.74) is 0.766. The van der Waals surface area contributed by atoms with E-state index in [4.69, 9.17) is 0 Å². The van der Waals surface area contributed by atoms with Crippen LogP contribution in [0.4, 0.5) is 0 Å². The highest BCUT2D eigenvalue weighted by atomic mass is 32.2. The number of hydrogen-bond donors (Lipinski definition) is 3. The fourth-order valence-corrected chi connectivity index (χ4v) is 3.76. The highest BCUT2D eigenvalue weighted by molar-refractivity contribution is 7.99. The monoisotopic (exact) mass is 267 g/mol. The molecule has 2 atom stereocenters. The van der Waals surface area contributed by atoms with Crippen LogP contribution in [0.2, 0.25) is 0 Å². The third-order valence-electron chi connectivity index (χ3n) is 3.49. The van der Waals surface area contributed by atoms with Crippen LogP contribution in [-0.4, -0.2) is 27.3 Å². The van der Waals surface area contributed by atoms with Gasteiger partial charge >= 0.3 is 0 Å². The van der Waals surface area contributed by atoms with Gasteiger partial charge in [0, 0.05) is 23.4 Å². The predicted octanol–water partition coefficient (Wildman–Crippen LogP) is 2.86. The van der Waals surface area contributed by atoms with Crippen molar-refractivity contribution in [3.05, 3.63) is 23.8 Å². The molecule has 2 rings (SSSR count). The van der Waals surface area contributed by atoms with Crippen LogP contribution in [0.1, 0.15) is 31.7 Å². The minimum absolute atomic E-state index is 0.00249. The molecule has 0 spiro atoms. The SMILES string of the molecule is CCSC1CCCC1NCc1cccc(O)c1O. The van der Waals surface area contributed by atoms with Crippen molar-refractivity contribution in [3.63, 3.8) is 0 Å². The molecule has 2 unspecified atom stereocenters. The molecule has 1 saturated carbocycles. The maximum absolute atomic E-state index is 9.75. The molecule has 1 aliphatic carbocycles. The fraction of sp³-hybridized carbons (Fsp3) is 0.571. The Morgan fingerprint density at radius 1 is 1.33 bits per heavy atom. The van der Waals surface area contributed by atoms with Gasteiger partial charge in [0.05, 0.1) is 0 Å². The highest BCUT2D eigenvalue weighted by Gasteiger charge is 2.26. The highest BCUT2D eigenvalue weighted by Crippen LogP contribution is 2.31. The Morgan fingerprint density at radius 2 is 2.17 bits per heavy atom. The van der Waals surface area contributed by atoms with Gasteiger partial charge in [0.2, 0.25) is 0 Å². The minimum Gasteiger partial charge on any atom is -0.504 e. The second-order valence-electron chi connectivity index (χ2n) is 4.70. The van der Waals surface area contributed by atoms with Crippen LogP contribution in [0, 0.1) is 0 Å². The molecule has 1 aliphatic rings. The Labute approximate surface area is 113 Å². The van der Waals surface area contributed by atoms with Crippen molar-refractivity contribution in [2.45, 2.75) is 44.0 Å². The number of hydrogen-bond acceptors (Lipinski definition) is 4. The summed E-state index contributed by atoms with van der Waals surface area (Å²) in [4.78, 5) is 0. The molecule has 1 aromatic carbocycles. The maximum Gasteiger partial charge on any atom is 0.161 e. The normalized spacial score (nSPS) is 23.4. The first-order chi connectivity index (χ1) is 8.72. The van der Waals surface area contributed by atoms with E-state index in [-0.39, 0.29) is 11.5 Å². The molecule has 0 aliphatic heterocycles. The van der Waals surface area contributed by atoms with Gasteiger partial charge in [-0.25, -0.2) is 0 Å². The van der Waals surface area contributed by atoms with Crippen LogP contribution < -0.4 is 5.32 Å². The molecule has 0 saturated heterocycles. The molecule has 100 valence electrons. The Hall–Kier alpha value is -0.870. The summed E-state index contributed by atoms with van der Waals surface area (Å²) >= 11 is 2.02. The van der Waals surface area contributed by atoms with Crippen molar-refractivity contribution < 1.29 is 10.2 Å². The Bertz CT molecular complexity index is 397. The van der Waals surface area contributed by atoms with E-state index in [1.54, 1.807) is 6.07 Å². The molecule has 0 radical (unpaired) electrons. The molecule has 0 bridgehead atoms. The number of phenolic OH excluding ortho intramolecular Hbond substituents is 2. The molecule has 1 aromatic rings. The number of aromatic hydroxyl groups is 2. The third kappa shape index (κ3) is 3.12. The minimum atomic E-state index is -0.0415. The van der Waals surface area contributed by atoms with Gasteiger partial charge in [-0.05, 0) is 24.7 Å². The van der Waals surface area contributed by atoms with E-state index in [0.29, 0.717) is 17.8 Å². The average Bonchev–Trinajstić information content (AvgIpc) is 2.79. The van der Waals surface area contributed by atoms with Gasteiger partial charge in [0.15, 0.2) is 11.5 Å². The third-order valence-corrected chi connectivity index (χ3v) is 4.81. The lowest BCUT2D eigenvalue weighted by atomic mass is 10.1. The zero-order chi connectivity index (χ0) is 13.0. The first-order valence-electron chi connectivity index (χ1n) is 6.57. The zero-order valence-corrected chi connectivity index (χ0v) is 11.5. The van der Waals surface area contributed by atoms with Crippen LogP contribution in [0.15, 0.2) is 18.2 Å². The zero-order valence-electron chi connectivity index (χ0n) is 10.7. The van der Waals surface area contributed by atoms with E-state index in [1.165, 1.54) is 25.3 Å². The molecule has 0 heterocycles. The standard InChI is InChI=1S/C14H21NO2S/c1-2-18-13-8-4-6-11(13)15-9-10-5-3-7-12(16)14(10)17/h3,5,7,11,13,15-17H,2,4,6,8-9H2,1H3. The van der Waals surface area contributed by atoms with Crippen LogP contribution in [0.25, 0.3) is 0 Å². The quantitative estimate of drug-likeness (QED) is 0.718. The number of thioether (sulfide) groups is 1. The molecule has 3 nitrogen and oxygen atoms in total. The van der Waals surface area contributed by atoms with Gasteiger partial charge in [0.25, 0.3) is 0 Å². The molecular weight excluding hydrogens is 246 g/mol. The number of nitrogens with one attached hydrogen (secondary N) is 1. The van der Waals surface area contributed by atoms with Gasteiger partial charge < -0.3 is 15.5 Å². The van der Waals surface area contributed by atoms with Crippen LogP contribution in [0.5, 0.6) is 11.5 Å². The van der Waals surface area contributed by atoms with E-state index >= 15 is 0 Å². The van der Waals surface area contributed by atoms with Crippen LogP contribution >= 0.6 is 11.8 Å². The predicted molar refractivity (Wildman–Crippen MR) is 76.2 cm³/mol. The van der Waals surface area contributed by atoms with E-state index < -0.39 is 0 Å². The van der Waals surface area contributed by atoms with E-state index in [1.807, 2.05) is 17.8 Å². The maximum atomic E-state index is 9.75. The number of para-hydroxylation sites is 1. The van der Waals surface area contributed by atoms with Crippen molar-refractivity contribution >= 4 is 11.8 Å². The second kappa shape index (κ2) is 6.34. The second-order valence-corrected chi connectivity index (χ2v) is 6.21. The molecule has 1 fully saturated rings. The Kier molecular flexibility index (Phi) is 4.78. The van der Waals surface area contributed by atoms with Crippen molar-refractivity contribution in [1.82, 2.24) is 5.32 Å². The van der Waals surface area contributed by atoms with Gasteiger partial charge in [-0.3, -0.25) is 0 Å². The summed E-state index contributed by atoms with van der Waals surface area (Å²) in [7, 11) is 0. The fourth-order valence-electron chi connectivity index (χ4n) is 2.53. The number of phenols is 2. The summed E-state index contributed by atoms with van der Waals surface area (Å²) in [5.74, 6) is 1.11. The van der Waals surface area contributed by atoms with Gasteiger partial charge in [-0.2, -0.15) is 11.8 Å².